The molecule has 4 atom stereocenters. The maximum absolute atomic E-state index is 9.78. The second-order valence-corrected chi connectivity index (χ2v) is 9.02. The van der Waals surface area contributed by atoms with Crippen molar-refractivity contribution in [3.05, 3.63) is 52.2 Å². The fraction of sp³-hybridized carbons (Fsp3) is 0.522. The third kappa shape index (κ3) is 3.66. The van der Waals surface area contributed by atoms with Crippen LogP contribution in [0.3, 0.4) is 0 Å². The number of aromatic nitrogens is 1. The topological polar surface area (TPSA) is 75.1 Å². The Hall–Kier alpha value is -1.86. The molecule has 0 spiro atoms. The second-order valence-electron chi connectivity index (χ2n) is 8.61. The Bertz CT molecular complexity index is 924. The van der Waals surface area contributed by atoms with Crippen molar-refractivity contribution in [1.29, 1.82) is 0 Å². The predicted octanol–water partition coefficient (Wildman–Crippen LogP) is 2.98. The zero-order valence-electron chi connectivity index (χ0n) is 17.6. The molecule has 2 heterocycles. The van der Waals surface area contributed by atoms with E-state index in [0.717, 1.165) is 25.1 Å². The van der Waals surface area contributed by atoms with Gasteiger partial charge in [0.25, 0.3) is 0 Å². The van der Waals surface area contributed by atoms with E-state index in [1.165, 1.54) is 17.3 Å². The van der Waals surface area contributed by atoms with Crippen molar-refractivity contribution in [2.24, 2.45) is 5.92 Å². The fourth-order valence-corrected chi connectivity index (χ4v) is 5.27. The van der Waals surface area contributed by atoms with Crippen LogP contribution in [0.15, 0.2) is 30.5 Å². The van der Waals surface area contributed by atoms with Gasteiger partial charge in [0.05, 0.1) is 20.3 Å². The van der Waals surface area contributed by atoms with Gasteiger partial charge in [-0.05, 0) is 55.8 Å². The number of piperidine rings is 1. The van der Waals surface area contributed by atoms with Gasteiger partial charge in [-0.1, -0.05) is 24.6 Å². The van der Waals surface area contributed by atoms with E-state index in [1.54, 1.807) is 13.2 Å². The summed E-state index contributed by atoms with van der Waals surface area (Å²) in [5.41, 5.74) is 3.17. The van der Waals surface area contributed by atoms with Crippen molar-refractivity contribution in [3.8, 4) is 11.6 Å². The first-order chi connectivity index (χ1) is 14.4. The number of likely N-dealkylation sites (N-methyl/N-ethyl adjacent to an activating group) is 1. The molecule has 7 heteroatoms. The molecule has 1 aliphatic carbocycles. The van der Waals surface area contributed by atoms with Crippen molar-refractivity contribution in [2.45, 2.75) is 37.3 Å². The second kappa shape index (κ2) is 8.35. The first kappa shape index (κ1) is 21.4. The maximum Gasteiger partial charge on any atom is 0.232 e. The van der Waals surface area contributed by atoms with Crippen LogP contribution >= 0.6 is 11.6 Å². The fourth-order valence-electron chi connectivity index (χ4n) is 5.04. The van der Waals surface area contributed by atoms with Crippen molar-refractivity contribution < 1.29 is 19.7 Å². The number of benzene rings is 1. The van der Waals surface area contributed by atoms with Crippen molar-refractivity contribution >= 4 is 11.6 Å². The van der Waals surface area contributed by atoms with Crippen LogP contribution in [-0.2, 0) is 11.8 Å². The molecule has 1 saturated heterocycles. The van der Waals surface area contributed by atoms with Gasteiger partial charge in [-0.25, -0.2) is 4.98 Å². The minimum Gasteiger partial charge on any atom is -0.497 e. The van der Waals surface area contributed by atoms with Crippen LogP contribution in [0.2, 0.25) is 5.02 Å². The minimum absolute atomic E-state index is 0.0290. The van der Waals surface area contributed by atoms with Crippen LogP contribution in [0.5, 0.6) is 11.6 Å². The Morgan fingerprint density at radius 3 is 2.87 bits per heavy atom. The van der Waals surface area contributed by atoms with Gasteiger partial charge in [0.1, 0.15) is 16.9 Å². The number of pyridine rings is 1. The molecule has 2 aliphatic rings. The van der Waals surface area contributed by atoms with E-state index in [4.69, 9.17) is 26.2 Å². The first-order valence-electron chi connectivity index (χ1n) is 10.3. The molecule has 4 rings (SSSR count). The van der Waals surface area contributed by atoms with E-state index >= 15 is 0 Å². The molecule has 0 amide bonds. The summed E-state index contributed by atoms with van der Waals surface area (Å²) in [6.45, 7) is 3.49. The highest BCUT2D eigenvalue weighted by Gasteiger charge is 2.50. The lowest BCUT2D eigenvalue weighted by atomic mass is 9.58. The summed E-state index contributed by atoms with van der Waals surface area (Å²) < 4.78 is 11.6. The smallest absolute Gasteiger partial charge is 0.232 e. The van der Waals surface area contributed by atoms with Gasteiger partial charge in [-0.15, -0.1) is 0 Å². The zero-order chi connectivity index (χ0) is 21.5. The van der Waals surface area contributed by atoms with Crippen molar-refractivity contribution in [2.75, 3.05) is 33.9 Å². The molecule has 2 bridgehead atoms. The average Bonchev–Trinajstić information content (AvgIpc) is 2.75. The molecule has 1 aromatic carbocycles. The van der Waals surface area contributed by atoms with Crippen molar-refractivity contribution in [3.63, 3.8) is 0 Å². The van der Waals surface area contributed by atoms with Crippen molar-refractivity contribution in [1.82, 2.24) is 9.88 Å². The van der Waals surface area contributed by atoms with Gasteiger partial charge in [-0.3, -0.25) is 0 Å². The molecule has 1 aromatic heterocycles. The minimum atomic E-state index is -0.999. The summed E-state index contributed by atoms with van der Waals surface area (Å²) in [6, 6.07) is 8.39. The summed E-state index contributed by atoms with van der Waals surface area (Å²) in [4.78, 5) is 6.71. The molecule has 1 aliphatic heterocycles. The third-order valence-electron chi connectivity index (χ3n) is 6.98. The van der Waals surface area contributed by atoms with E-state index < -0.39 is 6.10 Å². The summed E-state index contributed by atoms with van der Waals surface area (Å²) in [5.74, 6) is 1.51. The number of hydrogen-bond donors (Lipinski definition) is 2. The van der Waals surface area contributed by atoms with Gasteiger partial charge in [0.2, 0.25) is 5.88 Å². The Morgan fingerprint density at radius 1 is 1.37 bits per heavy atom. The number of likely N-dealkylation sites (tertiary alicyclic amines) is 1. The number of fused-ring (bicyclic) bond motifs is 4. The Balaban J connectivity index is 1.60. The molecule has 2 aromatic rings. The maximum atomic E-state index is 9.78. The number of aliphatic hydroxyl groups is 2. The van der Waals surface area contributed by atoms with E-state index in [2.05, 4.69) is 36.0 Å². The Labute approximate surface area is 182 Å². The number of nitrogens with zero attached hydrogens (tertiary/aromatic N) is 2. The lowest BCUT2D eigenvalue weighted by Crippen LogP contribution is -2.59. The van der Waals surface area contributed by atoms with Crippen LogP contribution in [0.4, 0.5) is 0 Å². The zero-order valence-corrected chi connectivity index (χ0v) is 18.4. The number of rotatable bonds is 6. The lowest BCUT2D eigenvalue weighted by Gasteiger charge is -2.54. The molecule has 0 saturated carbocycles. The standard InChI is InChI=1S/C23H29ClN2O4/c1-23-6-7-26(2)20(9-14-4-5-16(29-3)10-17(14)23)18(23)13-30-22-19(24)8-15(11-25-22)21(28)12-27/h4-5,8,10-11,18,20-21,27-28H,6-7,9,12-13H2,1-3H3/t18-,20?,21-,23+/m0/s1. The molecular formula is C23H29ClN2O4. The van der Waals surface area contributed by atoms with E-state index in [0.29, 0.717) is 29.1 Å². The monoisotopic (exact) mass is 432 g/mol. The summed E-state index contributed by atoms with van der Waals surface area (Å²) in [5, 5.41) is 19.2. The molecule has 1 fully saturated rings. The molecule has 6 nitrogen and oxygen atoms in total. The van der Waals surface area contributed by atoms with E-state index in [-0.39, 0.29) is 17.9 Å². The van der Waals surface area contributed by atoms with Crippen LogP contribution in [-0.4, -0.2) is 60.1 Å². The average molecular weight is 433 g/mol. The molecular weight excluding hydrogens is 404 g/mol. The Kier molecular flexibility index (Phi) is 5.95. The molecule has 162 valence electrons. The quantitative estimate of drug-likeness (QED) is 0.731. The number of halogens is 1. The highest BCUT2D eigenvalue weighted by atomic mass is 35.5. The summed E-state index contributed by atoms with van der Waals surface area (Å²) in [6.07, 6.45) is 2.51. The van der Waals surface area contributed by atoms with Crippen LogP contribution in [0, 0.1) is 5.92 Å². The largest absolute Gasteiger partial charge is 0.497 e. The molecule has 1 unspecified atom stereocenters. The SMILES string of the molecule is COc1ccc2c(c1)[C@@]1(C)CCN(C)C(C2)[C@@H]1COc1ncc([C@@H](O)CO)cc1Cl. The van der Waals surface area contributed by atoms with Gasteiger partial charge in [-0.2, -0.15) is 0 Å². The number of hydrogen-bond acceptors (Lipinski definition) is 6. The number of ether oxygens (including phenoxy) is 2. The van der Waals surface area contributed by atoms with Gasteiger partial charge < -0.3 is 24.6 Å². The highest BCUT2D eigenvalue weighted by Crippen LogP contribution is 2.49. The normalized spacial score (nSPS) is 26.7. The lowest BCUT2D eigenvalue weighted by molar-refractivity contribution is 0.0109. The van der Waals surface area contributed by atoms with Gasteiger partial charge >= 0.3 is 0 Å². The number of aliphatic hydroxyl groups excluding tert-OH is 2. The summed E-state index contributed by atoms with van der Waals surface area (Å²) in [7, 11) is 3.89. The van der Waals surface area contributed by atoms with E-state index in [9.17, 15) is 5.11 Å². The van der Waals surface area contributed by atoms with Gasteiger partial charge in [0, 0.05) is 29.1 Å². The molecule has 30 heavy (non-hydrogen) atoms. The first-order valence-corrected chi connectivity index (χ1v) is 10.7. The predicted molar refractivity (Wildman–Crippen MR) is 115 cm³/mol. The molecule has 2 N–H and O–H groups in total. The summed E-state index contributed by atoms with van der Waals surface area (Å²) >= 11 is 6.35. The molecule has 0 radical (unpaired) electrons. The number of methoxy groups -OCH3 is 1. The van der Waals surface area contributed by atoms with Crippen LogP contribution in [0.25, 0.3) is 0 Å². The van der Waals surface area contributed by atoms with Crippen LogP contribution < -0.4 is 9.47 Å². The van der Waals surface area contributed by atoms with Gasteiger partial charge in [0.15, 0.2) is 0 Å². The van der Waals surface area contributed by atoms with Crippen LogP contribution in [0.1, 0.15) is 36.1 Å². The van der Waals surface area contributed by atoms with E-state index in [1.807, 2.05) is 6.07 Å². The Morgan fingerprint density at radius 2 is 2.17 bits per heavy atom. The highest BCUT2D eigenvalue weighted by molar-refractivity contribution is 6.31. The third-order valence-corrected chi connectivity index (χ3v) is 7.25.